The second-order valence-electron chi connectivity index (χ2n) is 7.19. The second-order valence-corrected chi connectivity index (χ2v) is 7.19. The largest absolute Gasteiger partial charge is 0.480 e. The molecule has 142 valence electrons. The third-order valence-corrected chi connectivity index (χ3v) is 5.19. The number of hydrogen-bond acceptors (Lipinski definition) is 6. The molecule has 3 aliphatic rings. The highest BCUT2D eigenvalue weighted by atomic mass is 16.4. The lowest BCUT2D eigenvalue weighted by molar-refractivity contribution is -0.146. The van der Waals surface area contributed by atoms with Gasteiger partial charge < -0.3 is 19.8 Å². The molecule has 0 spiro atoms. The van der Waals surface area contributed by atoms with Crippen LogP contribution in [-0.4, -0.2) is 82.6 Å². The van der Waals surface area contributed by atoms with Crippen LogP contribution in [0.2, 0.25) is 0 Å². The van der Waals surface area contributed by atoms with E-state index >= 15 is 0 Å². The Morgan fingerprint density at radius 1 is 1.19 bits per heavy atom. The number of nitrogens with zero attached hydrogens (tertiary/aromatic N) is 5. The first-order chi connectivity index (χ1) is 12.8. The molecule has 1 N–H and O–H groups in total. The number of fused-ring (bicyclic) bond motifs is 3. The number of guanidine groups is 1. The molecule has 3 heterocycles. The first-order valence-corrected chi connectivity index (χ1v) is 8.78. The fourth-order valence-corrected chi connectivity index (χ4v) is 4.07. The van der Waals surface area contributed by atoms with Crippen LogP contribution in [0, 0.1) is 13.8 Å². The van der Waals surface area contributed by atoms with Crippen LogP contribution in [0.3, 0.4) is 0 Å². The van der Waals surface area contributed by atoms with Gasteiger partial charge >= 0.3 is 12.0 Å². The number of amides is 3. The van der Waals surface area contributed by atoms with E-state index in [1.54, 1.807) is 7.05 Å². The predicted molar refractivity (Wildman–Crippen MR) is 97.5 cm³/mol. The molecule has 2 saturated heterocycles. The number of hydrogen-bond donors (Lipinski definition) is 1. The maximum absolute atomic E-state index is 12.9. The molecule has 1 aromatic carbocycles. The van der Waals surface area contributed by atoms with Crippen LogP contribution in [0.4, 0.5) is 10.5 Å². The Hall–Kier alpha value is -3.10. The minimum Gasteiger partial charge on any atom is -0.480 e. The first kappa shape index (κ1) is 17.3. The number of likely N-dealkylation sites (N-methyl/N-ethyl adjacent to an activating group) is 1. The second kappa shape index (κ2) is 5.97. The van der Waals surface area contributed by atoms with Crippen molar-refractivity contribution in [3.63, 3.8) is 0 Å². The topological polar surface area (TPSA) is 96.8 Å². The van der Waals surface area contributed by atoms with Crippen LogP contribution in [0.25, 0.3) is 0 Å². The number of carbonyl (C=O) groups is 3. The molecule has 2 unspecified atom stereocenters. The summed E-state index contributed by atoms with van der Waals surface area (Å²) in [6.07, 6.45) is -0.640. The van der Waals surface area contributed by atoms with Gasteiger partial charge in [0.25, 0.3) is 5.91 Å². The van der Waals surface area contributed by atoms with Crippen LogP contribution in [0.5, 0.6) is 0 Å². The Kier molecular flexibility index (Phi) is 3.83. The molecule has 1 aromatic rings. The number of aliphatic carboxylic acids is 1. The van der Waals surface area contributed by atoms with Crippen molar-refractivity contribution in [2.24, 2.45) is 4.99 Å². The summed E-state index contributed by atoms with van der Waals surface area (Å²) in [6.45, 7) is 4.67. The van der Waals surface area contributed by atoms with E-state index in [2.05, 4.69) is 23.2 Å². The smallest absolute Gasteiger partial charge is 0.328 e. The highest BCUT2D eigenvalue weighted by Crippen LogP contribution is 2.33. The van der Waals surface area contributed by atoms with Crippen LogP contribution < -0.4 is 4.90 Å². The fourth-order valence-electron chi connectivity index (χ4n) is 4.07. The van der Waals surface area contributed by atoms with Crippen LogP contribution in [0.15, 0.2) is 23.2 Å². The van der Waals surface area contributed by atoms with Crippen molar-refractivity contribution in [2.45, 2.75) is 26.1 Å². The zero-order valence-corrected chi connectivity index (χ0v) is 15.4. The van der Waals surface area contributed by atoms with Crippen molar-refractivity contribution in [1.82, 2.24) is 14.7 Å². The highest BCUT2D eigenvalue weighted by molar-refractivity contribution is 6.08. The zero-order chi connectivity index (χ0) is 19.5. The van der Waals surface area contributed by atoms with Gasteiger partial charge in [-0.25, -0.2) is 9.79 Å². The number of imide groups is 1. The zero-order valence-electron chi connectivity index (χ0n) is 15.4. The lowest BCUT2D eigenvalue weighted by Gasteiger charge is -2.39. The quantitative estimate of drug-likeness (QED) is 0.830. The Labute approximate surface area is 156 Å². The first-order valence-electron chi connectivity index (χ1n) is 8.78. The molecular formula is C18H21N5O4. The van der Waals surface area contributed by atoms with E-state index in [0.717, 1.165) is 21.7 Å². The van der Waals surface area contributed by atoms with Gasteiger partial charge in [0.1, 0.15) is 6.54 Å². The summed E-state index contributed by atoms with van der Waals surface area (Å²) in [5.41, 5.74) is 3.27. The molecule has 0 radical (unpaired) electrons. The van der Waals surface area contributed by atoms with Gasteiger partial charge in [-0.15, -0.1) is 0 Å². The summed E-state index contributed by atoms with van der Waals surface area (Å²) < 4.78 is 0. The number of rotatable bonds is 3. The number of carbonyl (C=O) groups excluding carboxylic acids is 2. The van der Waals surface area contributed by atoms with Gasteiger partial charge in [-0.05, 0) is 37.1 Å². The summed E-state index contributed by atoms with van der Waals surface area (Å²) in [7, 11) is 1.55. The molecule has 2 fully saturated rings. The van der Waals surface area contributed by atoms with Gasteiger partial charge in [0.15, 0.2) is 12.2 Å². The molecule has 3 amide bonds. The van der Waals surface area contributed by atoms with Gasteiger partial charge in [-0.3, -0.25) is 14.5 Å². The SMILES string of the molecule is Cc1cc(C)cc(N2CCN3C2=NC2C3C(=O)N(CC(=O)O)C(=O)N2C)c1. The molecule has 0 bridgehead atoms. The van der Waals surface area contributed by atoms with E-state index in [0.29, 0.717) is 19.0 Å². The molecule has 2 atom stereocenters. The standard InChI is InChI=1S/C18H21N5O4/c1-10-6-11(2)8-12(7-10)21-4-5-22-14-15(19-17(21)22)20(3)18(27)23(16(14)26)9-13(24)25/h6-8,14-15H,4-5,9H2,1-3H3,(H,24,25). The molecule has 9 nitrogen and oxygen atoms in total. The number of anilines is 1. The number of carboxylic acids is 1. The van der Waals surface area contributed by atoms with Gasteiger partial charge in [0, 0.05) is 25.8 Å². The summed E-state index contributed by atoms with van der Waals surface area (Å²) in [5, 5.41) is 9.04. The van der Waals surface area contributed by atoms with E-state index in [1.165, 1.54) is 4.90 Å². The van der Waals surface area contributed by atoms with E-state index in [1.807, 2.05) is 23.6 Å². The number of benzene rings is 1. The lowest BCUT2D eigenvalue weighted by Crippen LogP contribution is -2.65. The number of aryl methyl sites for hydroxylation is 2. The van der Waals surface area contributed by atoms with Crippen molar-refractivity contribution < 1.29 is 19.5 Å². The van der Waals surface area contributed by atoms with Crippen LogP contribution >= 0.6 is 0 Å². The van der Waals surface area contributed by atoms with E-state index in [-0.39, 0.29) is 0 Å². The molecule has 0 saturated carbocycles. The summed E-state index contributed by atoms with van der Waals surface area (Å²) in [6, 6.07) is 4.90. The van der Waals surface area contributed by atoms with E-state index in [9.17, 15) is 14.4 Å². The third kappa shape index (κ3) is 2.61. The highest BCUT2D eigenvalue weighted by Gasteiger charge is 2.54. The van der Waals surface area contributed by atoms with Gasteiger partial charge in [0.2, 0.25) is 5.96 Å². The van der Waals surface area contributed by atoms with E-state index in [4.69, 9.17) is 5.11 Å². The van der Waals surface area contributed by atoms with Gasteiger partial charge in [-0.2, -0.15) is 0 Å². The van der Waals surface area contributed by atoms with Crippen LogP contribution in [-0.2, 0) is 9.59 Å². The van der Waals surface area contributed by atoms with Crippen molar-refractivity contribution >= 4 is 29.6 Å². The number of urea groups is 1. The molecule has 0 aliphatic carbocycles. The van der Waals surface area contributed by atoms with Gasteiger partial charge in [0.05, 0.1) is 0 Å². The fraction of sp³-hybridized carbons (Fsp3) is 0.444. The molecule has 4 rings (SSSR count). The molecule has 9 heteroatoms. The third-order valence-electron chi connectivity index (χ3n) is 5.19. The molecular weight excluding hydrogens is 350 g/mol. The van der Waals surface area contributed by atoms with E-state index < -0.39 is 36.7 Å². The van der Waals surface area contributed by atoms with Crippen molar-refractivity contribution in [3.05, 3.63) is 29.3 Å². The normalized spacial score (nSPS) is 24.3. The average Bonchev–Trinajstić information content (AvgIpc) is 3.14. The number of aliphatic imine (C=N–C) groups is 1. The molecule has 27 heavy (non-hydrogen) atoms. The molecule has 3 aliphatic heterocycles. The Morgan fingerprint density at radius 2 is 1.85 bits per heavy atom. The minimum atomic E-state index is -1.22. The molecule has 0 aromatic heterocycles. The van der Waals surface area contributed by atoms with Crippen molar-refractivity contribution in [1.29, 1.82) is 0 Å². The maximum atomic E-state index is 12.9. The maximum Gasteiger partial charge on any atom is 0.328 e. The Morgan fingerprint density at radius 3 is 2.48 bits per heavy atom. The summed E-state index contributed by atoms with van der Waals surface area (Å²) >= 11 is 0. The summed E-state index contributed by atoms with van der Waals surface area (Å²) in [4.78, 5) is 47.1. The monoisotopic (exact) mass is 371 g/mol. The van der Waals surface area contributed by atoms with Crippen molar-refractivity contribution in [3.8, 4) is 0 Å². The number of carboxylic acid groups (broad SMARTS) is 1. The Balaban J connectivity index is 1.68. The minimum absolute atomic E-state index is 0.508. The Bertz CT molecular complexity index is 862. The van der Waals surface area contributed by atoms with Gasteiger partial charge in [-0.1, -0.05) is 6.07 Å². The van der Waals surface area contributed by atoms with Crippen LogP contribution in [0.1, 0.15) is 11.1 Å². The lowest BCUT2D eigenvalue weighted by atomic mass is 10.1. The summed E-state index contributed by atoms with van der Waals surface area (Å²) in [5.74, 6) is -1.08. The predicted octanol–water partition coefficient (Wildman–Crippen LogP) is 0.468. The average molecular weight is 371 g/mol. The van der Waals surface area contributed by atoms with Crippen molar-refractivity contribution in [2.75, 3.05) is 31.6 Å².